The number of hydrogen-bond acceptors (Lipinski definition) is 1. The lowest BCUT2D eigenvalue weighted by atomic mass is 10.2. The first-order chi connectivity index (χ1) is 10.1. The predicted octanol–water partition coefficient (Wildman–Crippen LogP) is 3.16. The predicted molar refractivity (Wildman–Crippen MR) is 84.1 cm³/mol. The van der Waals surface area contributed by atoms with Gasteiger partial charge >= 0.3 is 0 Å². The van der Waals surface area contributed by atoms with E-state index in [-0.39, 0.29) is 11.9 Å². The van der Waals surface area contributed by atoms with Gasteiger partial charge in [-0.1, -0.05) is 41.9 Å². The second-order valence-corrected chi connectivity index (χ2v) is 4.78. The van der Waals surface area contributed by atoms with Crippen molar-refractivity contribution in [2.45, 2.75) is 6.04 Å². The zero-order valence-electron chi connectivity index (χ0n) is 12.1. The van der Waals surface area contributed by atoms with Gasteiger partial charge < -0.3 is 0 Å². The molecule has 0 heterocycles. The molecule has 0 spiro atoms. The summed E-state index contributed by atoms with van der Waals surface area (Å²) in [5.41, 5.74) is 1.75. The molecule has 0 N–H and O–H groups in total. The Bertz CT molecular complexity index is 694. The number of benzene rings is 2. The first-order valence-electron chi connectivity index (χ1n) is 6.65. The molecule has 0 aromatic heterocycles. The van der Waals surface area contributed by atoms with E-state index >= 15 is 0 Å². The van der Waals surface area contributed by atoms with E-state index in [0.29, 0.717) is 0 Å². The lowest BCUT2D eigenvalue weighted by Gasteiger charge is -2.12. The minimum Gasteiger partial charge on any atom is -0.286 e. The lowest BCUT2D eigenvalue weighted by molar-refractivity contribution is 0.409. The molecule has 0 radical (unpaired) electrons. The Labute approximate surface area is 125 Å². The first-order valence-corrected chi connectivity index (χ1v) is 6.65. The highest BCUT2D eigenvalue weighted by Crippen LogP contribution is 2.01. The smallest absolute Gasteiger partial charge is 0.134 e. The van der Waals surface area contributed by atoms with Crippen LogP contribution in [-0.4, -0.2) is 25.0 Å². The summed E-state index contributed by atoms with van der Waals surface area (Å²) in [6.45, 7) is 0. The maximum atomic E-state index is 12.8. The minimum absolute atomic E-state index is 0.171. The second kappa shape index (κ2) is 7.29. The minimum atomic E-state index is -0.256. The van der Waals surface area contributed by atoms with Crippen LogP contribution in [0.3, 0.4) is 0 Å². The summed E-state index contributed by atoms with van der Waals surface area (Å²) >= 11 is 0. The van der Waals surface area contributed by atoms with Gasteiger partial charge in [0.2, 0.25) is 0 Å². The summed E-state index contributed by atoms with van der Waals surface area (Å²) in [6, 6.07) is 15.8. The monoisotopic (exact) mass is 277 g/mol. The molecule has 104 valence electrons. The van der Waals surface area contributed by atoms with Crippen LogP contribution in [0.5, 0.6) is 0 Å². The van der Waals surface area contributed by atoms with Crippen LogP contribution in [0.15, 0.2) is 54.6 Å². The van der Waals surface area contributed by atoms with Crippen molar-refractivity contribution in [1.82, 2.24) is 4.90 Å². The highest BCUT2D eigenvalue weighted by atomic mass is 19.1. The molecule has 0 aliphatic carbocycles. The third-order valence-corrected chi connectivity index (χ3v) is 2.84. The molecule has 0 fully saturated rings. The van der Waals surface area contributed by atoms with E-state index in [9.17, 15) is 4.39 Å². The van der Waals surface area contributed by atoms with Crippen LogP contribution in [0, 0.1) is 29.5 Å². The molecule has 2 heteroatoms. The van der Waals surface area contributed by atoms with Crippen LogP contribution in [-0.2, 0) is 0 Å². The van der Waals surface area contributed by atoms with Gasteiger partial charge in [-0.15, -0.1) is 0 Å². The van der Waals surface area contributed by atoms with Gasteiger partial charge in [-0.25, -0.2) is 4.39 Å². The fourth-order valence-electron chi connectivity index (χ4n) is 1.65. The van der Waals surface area contributed by atoms with Crippen LogP contribution in [0.2, 0.25) is 0 Å². The molecule has 0 aliphatic rings. The third kappa shape index (κ3) is 4.80. The fourth-order valence-corrected chi connectivity index (χ4v) is 1.65. The van der Waals surface area contributed by atoms with Gasteiger partial charge in [-0.05, 0) is 50.5 Å². The van der Waals surface area contributed by atoms with Crippen molar-refractivity contribution in [2.75, 3.05) is 14.1 Å². The highest BCUT2D eigenvalue weighted by molar-refractivity contribution is 5.40. The van der Waals surface area contributed by atoms with Gasteiger partial charge in [0.15, 0.2) is 0 Å². The molecule has 2 aromatic carbocycles. The molecule has 0 bridgehead atoms. The van der Waals surface area contributed by atoms with Crippen molar-refractivity contribution >= 4 is 0 Å². The van der Waals surface area contributed by atoms with E-state index in [2.05, 4.69) is 23.7 Å². The first kappa shape index (κ1) is 14.9. The van der Waals surface area contributed by atoms with E-state index in [1.807, 2.05) is 49.3 Å². The Hall–Kier alpha value is -2.55. The number of halogens is 1. The van der Waals surface area contributed by atoms with Crippen molar-refractivity contribution in [3.63, 3.8) is 0 Å². The average molecular weight is 277 g/mol. The SMILES string of the molecule is CN(C)C(C#Cc1ccccc1)C#Cc1ccc(F)cc1. The van der Waals surface area contributed by atoms with E-state index in [1.165, 1.54) is 12.1 Å². The molecule has 1 atom stereocenters. The van der Waals surface area contributed by atoms with Gasteiger partial charge in [0.1, 0.15) is 11.9 Å². The van der Waals surface area contributed by atoms with Crippen LogP contribution in [0.25, 0.3) is 0 Å². The molecule has 0 aliphatic heterocycles. The average Bonchev–Trinajstić information content (AvgIpc) is 2.49. The van der Waals surface area contributed by atoms with Gasteiger partial charge in [0.25, 0.3) is 0 Å². The molecule has 1 unspecified atom stereocenters. The van der Waals surface area contributed by atoms with Gasteiger partial charge in [-0.2, -0.15) is 0 Å². The van der Waals surface area contributed by atoms with Crippen molar-refractivity contribution < 1.29 is 4.39 Å². The summed E-state index contributed by atoms with van der Waals surface area (Å²) < 4.78 is 12.8. The van der Waals surface area contributed by atoms with Crippen molar-refractivity contribution in [1.29, 1.82) is 0 Å². The van der Waals surface area contributed by atoms with E-state index in [0.717, 1.165) is 11.1 Å². The zero-order valence-corrected chi connectivity index (χ0v) is 12.1. The Morgan fingerprint density at radius 2 is 1.33 bits per heavy atom. The van der Waals surface area contributed by atoms with Crippen LogP contribution < -0.4 is 0 Å². The third-order valence-electron chi connectivity index (χ3n) is 2.84. The van der Waals surface area contributed by atoms with Crippen molar-refractivity contribution in [2.24, 2.45) is 0 Å². The Balaban J connectivity index is 2.18. The van der Waals surface area contributed by atoms with Gasteiger partial charge in [-0.3, -0.25) is 4.90 Å². The molecule has 0 saturated carbocycles. The standard InChI is InChI=1S/C19H16FN/c1-21(2)19(14-10-16-6-4-3-5-7-16)15-11-17-8-12-18(20)13-9-17/h3-9,12-13,19H,1-2H3. The maximum Gasteiger partial charge on any atom is 0.134 e. The molecule has 21 heavy (non-hydrogen) atoms. The van der Waals surface area contributed by atoms with Gasteiger partial charge in [0, 0.05) is 11.1 Å². The maximum absolute atomic E-state index is 12.8. The summed E-state index contributed by atoms with van der Waals surface area (Å²) in [6.07, 6.45) is 0. The molecule has 0 amide bonds. The van der Waals surface area contributed by atoms with Crippen molar-refractivity contribution in [3.05, 3.63) is 71.5 Å². The van der Waals surface area contributed by atoms with E-state index in [4.69, 9.17) is 0 Å². The fraction of sp³-hybridized carbons (Fsp3) is 0.158. The highest BCUT2D eigenvalue weighted by Gasteiger charge is 2.02. The topological polar surface area (TPSA) is 3.24 Å². The largest absolute Gasteiger partial charge is 0.286 e. The number of hydrogen-bond donors (Lipinski definition) is 0. The normalized spacial score (nSPS) is 11.0. The second-order valence-electron chi connectivity index (χ2n) is 4.78. The van der Waals surface area contributed by atoms with Crippen LogP contribution in [0.4, 0.5) is 4.39 Å². The summed E-state index contributed by atoms with van der Waals surface area (Å²) in [7, 11) is 3.87. The molecule has 2 rings (SSSR count). The van der Waals surface area contributed by atoms with Crippen LogP contribution >= 0.6 is 0 Å². The molecule has 2 aromatic rings. The Kier molecular flexibility index (Phi) is 5.16. The summed E-state index contributed by atoms with van der Waals surface area (Å²) in [4.78, 5) is 1.95. The number of rotatable bonds is 1. The summed E-state index contributed by atoms with van der Waals surface area (Å²) in [5, 5.41) is 0. The molecular weight excluding hydrogens is 261 g/mol. The van der Waals surface area contributed by atoms with Gasteiger partial charge in [0.05, 0.1) is 0 Å². The van der Waals surface area contributed by atoms with Crippen molar-refractivity contribution in [3.8, 4) is 23.7 Å². The quantitative estimate of drug-likeness (QED) is 0.724. The lowest BCUT2D eigenvalue weighted by Crippen LogP contribution is -2.24. The zero-order chi connectivity index (χ0) is 15.1. The Morgan fingerprint density at radius 3 is 1.86 bits per heavy atom. The Morgan fingerprint density at radius 1 is 0.810 bits per heavy atom. The molecule has 1 nitrogen and oxygen atoms in total. The number of nitrogens with zero attached hydrogens (tertiary/aromatic N) is 1. The summed E-state index contributed by atoms with van der Waals surface area (Å²) in [5.74, 6) is 12.1. The van der Waals surface area contributed by atoms with Crippen LogP contribution in [0.1, 0.15) is 11.1 Å². The molecule has 0 saturated heterocycles. The van der Waals surface area contributed by atoms with E-state index in [1.54, 1.807) is 12.1 Å². The van der Waals surface area contributed by atoms with E-state index < -0.39 is 0 Å². The molecular formula is C19H16FN.